The minimum absolute atomic E-state index is 0.210. The molecule has 0 saturated carbocycles. The topological polar surface area (TPSA) is 57.7 Å². The fraction of sp³-hybridized carbons (Fsp3) is 0.267. The lowest BCUT2D eigenvalue weighted by Crippen LogP contribution is -2.20. The highest BCUT2D eigenvalue weighted by Gasteiger charge is 2.17. The molecule has 0 spiro atoms. The molecule has 0 fully saturated rings. The Kier molecular flexibility index (Phi) is 4.01. The Morgan fingerprint density at radius 1 is 1.19 bits per heavy atom. The first-order valence-corrected chi connectivity index (χ1v) is 7.36. The molecule has 5 nitrogen and oxygen atoms in total. The fourth-order valence-corrected chi connectivity index (χ4v) is 2.43. The van der Waals surface area contributed by atoms with E-state index in [1.54, 1.807) is 6.33 Å². The molecule has 3 aromatic rings. The number of benzene rings is 1. The van der Waals surface area contributed by atoms with E-state index in [1.807, 2.05) is 18.2 Å². The summed E-state index contributed by atoms with van der Waals surface area (Å²) in [6.45, 7) is 3.03. The minimum atomic E-state index is 0.210. The summed E-state index contributed by atoms with van der Waals surface area (Å²) in [6, 6.07) is 10.2. The van der Waals surface area contributed by atoms with Crippen molar-refractivity contribution in [2.45, 2.75) is 19.8 Å². The molecular weight excluding hydrogens is 286 g/mol. The van der Waals surface area contributed by atoms with E-state index in [4.69, 9.17) is 11.6 Å². The van der Waals surface area contributed by atoms with Crippen LogP contribution in [0.3, 0.4) is 0 Å². The van der Waals surface area contributed by atoms with Crippen LogP contribution in [0.15, 0.2) is 36.7 Å². The number of halogens is 1. The largest absolute Gasteiger partial charge is 0.340 e. The van der Waals surface area contributed by atoms with Gasteiger partial charge >= 0.3 is 0 Å². The van der Waals surface area contributed by atoms with Crippen LogP contribution in [0.4, 0.5) is 11.5 Å². The van der Waals surface area contributed by atoms with Gasteiger partial charge < -0.3 is 9.88 Å². The molecule has 0 bridgehead atoms. The molecule has 0 saturated heterocycles. The maximum atomic E-state index is 6.04. The molecule has 0 aliphatic rings. The first-order valence-electron chi connectivity index (χ1n) is 6.99. The van der Waals surface area contributed by atoms with E-state index in [-0.39, 0.29) is 5.28 Å². The lowest BCUT2D eigenvalue weighted by molar-refractivity contribution is 0.780. The highest BCUT2D eigenvalue weighted by atomic mass is 35.5. The van der Waals surface area contributed by atoms with Gasteiger partial charge in [-0.3, -0.25) is 0 Å². The molecule has 2 heterocycles. The standard InChI is InChI=1S/C15H16ClN5/c1-2-3-9-21(11-7-5-4-6-8-11)14-12-13(18-10-17-12)19-15(16)20-14/h4-8,10H,2-3,9H2,1H3,(H,17,18,19,20). The van der Waals surface area contributed by atoms with Crippen molar-refractivity contribution in [3.8, 4) is 0 Å². The number of nitrogens with zero attached hydrogens (tertiary/aromatic N) is 4. The van der Waals surface area contributed by atoms with E-state index in [2.05, 4.69) is 43.9 Å². The van der Waals surface area contributed by atoms with Crippen LogP contribution in [0, 0.1) is 0 Å². The van der Waals surface area contributed by atoms with Crippen molar-refractivity contribution in [2.75, 3.05) is 11.4 Å². The van der Waals surface area contributed by atoms with Gasteiger partial charge in [-0.2, -0.15) is 9.97 Å². The van der Waals surface area contributed by atoms with Gasteiger partial charge in [0.2, 0.25) is 5.28 Å². The van der Waals surface area contributed by atoms with Gasteiger partial charge in [0.05, 0.1) is 6.33 Å². The van der Waals surface area contributed by atoms with Gasteiger partial charge in [0, 0.05) is 12.2 Å². The Labute approximate surface area is 128 Å². The van der Waals surface area contributed by atoms with E-state index in [0.29, 0.717) is 5.65 Å². The predicted octanol–water partition coefficient (Wildman–Crippen LogP) is 3.94. The quantitative estimate of drug-likeness (QED) is 0.725. The zero-order valence-corrected chi connectivity index (χ0v) is 12.5. The summed E-state index contributed by atoms with van der Waals surface area (Å²) < 4.78 is 0. The molecule has 0 radical (unpaired) electrons. The number of para-hydroxylation sites is 1. The van der Waals surface area contributed by atoms with Crippen LogP contribution in [0.2, 0.25) is 5.28 Å². The third-order valence-electron chi connectivity index (χ3n) is 3.30. The average Bonchev–Trinajstić information content (AvgIpc) is 2.96. The van der Waals surface area contributed by atoms with Crippen LogP contribution in [-0.2, 0) is 0 Å². The Balaban J connectivity index is 2.12. The molecule has 2 aromatic heterocycles. The van der Waals surface area contributed by atoms with Crippen LogP contribution >= 0.6 is 11.6 Å². The fourth-order valence-electron chi connectivity index (χ4n) is 2.27. The predicted molar refractivity (Wildman–Crippen MR) is 85.0 cm³/mol. The second kappa shape index (κ2) is 6.10. The maximum absolute atomic E-state index is 6.04. The van der Waals surface area contributed by atoms with Crippen LogP contribution < -0.4 is 4.90 Å². The van der Waals surface area contributed by atoms with Gasteiger partial charge in [0.1, 0.15) is 5.52 Å². The van der Waals surface area contributed by atoms with Gasteiger partial charge in [0.25, 0.3) is 0 Å². The average molecular weight is 302 g/mol. The Morgan fingerprint density at radius 2 is 2.00 bits per heavy atom. The molecule has 0 unspecified atom stereocenters. The molecule has 3 rings (SSSR count). The number of imidazole rings is 1. The molecule has 1 N–H and O–H groups in total. The lowest BCUT2D eigenvalue weighted by Gasteiger charge is -2.24. The summed E-state index contributed by atoms with van der Waals surface area (Å²) in [5, 5.41) is 0.210. The normalized spacial score (nSPS) is 11.0. The number of H-pyrrole nitrogens is 1. The summed E-state index contributed by atoms with van der Waals surface area (Å²) in [7, 11) is 0. The van der Waals surface area contributed by atoms with Crippen molar-refractivity contribution >= 4 is 34.3 Å². The van der Waals surface area contributed by atoms with E-state index >= 15 is 0 Å². The smallest absolute Gasteiger partial charge is 0.226 e. The van der Waals surface area contributed by atoms with E-state index < -0.39 is 0 Å². The Morgan fingerprint density at radius 3 is 2.76 bits per heavy atom. The first-order chi connectivity index (χ1) is 10.3. The number of aromatic nitrogens is 4. The Bertz CT molecular complexity index is 725. The zero-order valence-electron chi connectivity index (χ0n) is 11.8. The number of anilines is 2. The number of aromatic amines is 1. The van der Waals surface area contributed by atoms with E-state index in [9.17, 15) is 0 Å². The highest BCUT2D eigenvalue weighted by molar-refractivity contribution is 6.28. The summed E-state index contributed by atoms with van der Waals surface area (Å²) >= 11 is 6.04. The summed E-state index contributed by atoms with van der Waals surface area (Å²) in [6.07, 6.45) is 3.78. The second-order valence-corrected chi connectivity index (χ2v) is 5.10. The maximum Gasteiger partial charge on any atom is 0.226 e. The lowest BCUT2D eigenvalue weighted by atomic mass is 10.2. The van der Waals surface area contributed by atoms with Gasteiger partial charge in [-0.1, -0.05) is 31.5 Å². The monoisotopic (exact) mass is 301 g/mol. The van der Waals surface area contributed by atoms with Crippen molar-refractivity contribution in [1.29, 1.82) is 0 Å². The second-order valence-electron chi connectivity index (χ2n) is 4.76. The molecule has 6 heteroatoms. The molecule has 21 heavy (non-hydrogen) atoms. The molecule has 0 amide bonds. The SMILES string of the molecule is CCCCN(c1ccccc1)c1nc(Cl)nc2nc[nH]c12. The van der Waals surface area contributed by atoms with Crippen molar-refractivity contribution in [1.82, 2.24) is 19.9 Å². The van der Waals surface area contributed by atoms with E-state index in [0.717, 1.165) is 36.4 Å². The summed E-state index contributed by atoms with van der Waals surface area (Å²) in [4.78, 5) is 18.0. The number of unbranched alkanes of at least 4 members (excludes halogenated alkanes) is 1. The summed E-state index contributed by atoms with van der Waals surface area (Å²) in [5.41, 5.74) is 2.47. The highest BCUT2D eigenvalue weighted by Crippen LogP contribution is 2.29. The number of rotatable bonds is 5. The van der Waals surface area contributed by atoms with Crippen molar-refractivity contribution in [3.63, 3.8) is 0 Å². The third-order valence-corrected chi connectivity index (χ3v) is 3.47. The zero-order chi connectivity index (χ0) is 14.7. The Hall–Kier alpha value is -2.14. The van der Waals surface area contributed by atoms with Crippen molar-refractivity contribution < 1.29 is 0 Å². The van der Waals surface area contributed by atoms with Gasteiger partial charge in [0.15, 0.2) is 11.5 Å². The van der Waals surface area contributed by atoms with Gasteiger partial charge in [-0.05, 0) is 30.2 Å². The van der Waals surface area contributed by atoms with Crippen LogP contribution in [0.25, 0.3) is 11.2 Å². The number of hydrogen-bond donors (Lipinski definition) is 1. The summed E-state index contributed by atoms with van der Waals surface area (Å²) in [5.74, 6) is 0.766. The van der Waals surface area contributed by atoms with Crippen LogP contribution in [0.1, 0.15) is 19.8 Å². The third kappa shape index (κ3) is 2.83. The van der Waals surface area contributed by atoms with Crippen molar-refractivity contribution in [2.24, 2.45) is 0 Å². The number of fused-ring (bicyclic) bond motifs is 1. The van der Waals surface area contributed by atoms with Crippen molar-refractivity contribution in [3.05, 3.63) is 41.9 Å². The minimum Gasteiger partial charge on any atom is -0.340 e. The molecular formula is C15H16ClN5. The van der Waals surface area contributed by atoms with E-state index in [1.165, 1.54) is 0 Å². The first kappa shape index (κ1) is 13.8. The van der Waals surface area contributed by atoms with Crippen LogP contribution in [-0.4, -0.2) is 26.5 Å². The van der Waals surface area contributed by atoms with Gasteiger partial charge in [-0.25, -0.2) is 4.98 Å². The molecule has 0 aliphatic carbocycles. The number of nitrogens with one attached hydrogen (secondary N) is 1. The number of hydrogen-bond acceptors (Lipinski definition) is 4. The molecule has 0 atom stereocenters. The van der Waals surface area contributed by atoms with Gasteiger partial charge in [-0.15, -0.1) is 0 Å². The molecule has 1 aromatic carbocycles. The molecule has 0 aliphatic heterocycles. The molecule has 108 valence electrons. The van der Waals surface area contributed by atoms with Crippen LogP contribution in [0.5, 0.6) is 0 Å².